The van der Waals surface area contributed by atoms with Crippen molar-refractivity contribution in [2.45, 2.75) is 31.8 Å². The molecule has 0 fully saturated rings. The fraction of sp³-hybridized carbons (Fsp3) is 0.348. The molecule has 0 N–H and O–H groups in total. The average Bonchev–Trinajstić information content (AvgIpc) is 3.25. The van der Waals surface area contributed by atoms with Crippen molar-refractivity contribution >= 4 is 35.6 Å². The third kappa shape index (κ3) is 3.47. The van der Waals surface area contributed by atoms with E-state index in [1.807, 2.05) is 0 Å². The third-order valence-electron chi connectivity index (χ3n) is 5.19. The van der Waals surface area contributed by atoms with Gasteiger partial charge in [-0.3, -0.25) is 4.79 Å². The van der Waals surface area contributed by atoms with Crippen molar-refractivity contribution in [1.29, 1.82) is 0 Å². The van der Waals surface area contributed by atoms with Crippen LogP contribution >= 0.6 is 0 Å². The number of para-hydroxylation sites is 1. The number of rotatable bonds is 3. The number of hydrogen-bond donors (Lipinski definition) is 0. The minimum atomic E-state index is -2.18. The molecule has 1 spiro atoms. The van der Waals surface area contributed by atoms with Gasteiger partial charge < -0.3 is 18.9 Å². The summed E-state index contributed by atoms with van der Waals surface area (Å²) in [5.74, 6) is -4.01. The van der Waals surface area contributed by atoms with E-state index in [9.17, 15) is 24.0 Å². The molecule has 0 aromatic heterocycles. The van der Waals surface area contributed by atoms with Gasteiger partial charge in [0, 0.05) is 5.56 Å². The van der Waals surface area contributed by atoms with Gasteiger partial charge in [-0.1, -0.05) is 18.2 Å². The molecule has 2 amide bonds. The van der Waals surface area contributed by atoms with Crippen LogP contribution in [-0.2, 0) is 43.5 Å². The van der Waals surface area contributed by atoms with Crippen molar-refractivity contribution in [1.82, 2.24) is 0 Å². The standard InChI is InChI=1S/C23H23NO9/c1-22(2,3)33-21(29)24-15-10-8-7-9-13(15)23(20(24)28)14(18(26)31-5)11-12(17(25)30-4)16(23)19(27)32-6/h7-11H,1-6H3/t23-/m0/s1. The zero-order chi connectivity index (χ0) is 24.7. The highest BCUT2D eigenvalue weighted by molar-refractivity contribution is 6.31. The highest BCUT2D eigenvalue weighted by Gasteiger charge is 2.65. The van der Waals surface area contributed by atoms with E-state index < -0.39 is 46.5 Å². The summed E-state index contributed by atoms with van der Waals surface area (Å²) >= 11 is 0. The Morgan fingerprint density at radius 3 is 2.00 bits per heavy atom. The first-order chi connectivity index (χ1) is 15.4. The second-order valence-electron chi connectivity index (χ2n) is 8.21. The van der Waals surface area contributed by atoms with Gasteiger partial charge in [0.25, 0.3) is 5.91 Å². The maximum Gasteiger partial charge on any atom is 0.421 e. The Hall–Kier alpha value is -3.95. The molecule has 0 radical (unpaired) electrons. The lowest BCUT2D eigenvalue weighted by Gasteiger charge is -2.29. The Labute approximate surface area is 189 Å². The van der Waals surface area contributed by atoms with E-state index in [0.717, 1.165) is 32.3 Å². The number of ether oxygens (including phenoxy) is 4. The number of anilines is 1. The van der Waals surface area contributed by atoms with Crippen LogP contribution in [0.3, 0.4) is 0 Å². The van der Waals surface area contributed by atoms with Crippen molar-refractivity contribution in [3.8, 4) is 0 Å². The van der Waals surface area contributed by atoms with E-state index in [2.05, 4.69) is 0 Å². The minimum absolute atomic E-state index is 0.0825. The fourth-order valence-electron chi connectivity index (χ4n) is 3.99. The molecule has 10 heteroatoms. The van der Waals surface area contributed by atoms with Crippen LogP contribution in [0.1, 0.15) is 26.3 Å². The molecule has 1 aromatic carbocycles. The first-order valence-electron chi connectivity index (χ1n) is 9.84. The summed E-state index contributed by atoms with van der Waals surface area (Å²) < 4.78 is 19.9. The predicted octanol–water partition coefficient (Wildman–Crippen LogP) is 1.96. The average molecular weight is 457 g/mol. The van der Waals surface area contributed by atoms with Gasteiger partial charge in [0.05, 0.1) is 43.7 Å². The zero-order valence-electron chi connectivity index (χ0n) is 19.0. The van der Waals surface area contributed by atoms with Gasteiger partial charge in [0.2, 0.25) is 0 Å². The number of benzene rings is 1. The van der Waals surface area contributed by atoms with E-state index in [4.69, 9.17) is 18.9 Å². The van der Waals surface area contributed by atoms with Gasteiger partial charge in [0.1, 0.15) is 11.0 Å². The Morgan fingerprint density at radius 2 is 1.45 bits per heavy atom. The molecule has 1 heterocycles. The number of amides is 2. The zero-order valence-corrected chi connectivity index (χ0v) is 19.0. The van der Waals surface area contributed by atoms with Gasteiger partial charge >= 0.3 is 24.0 Å². The molecule has 2 aliphatic rings. The number of imide groups is 1. The highest BCUT2D eigenvalue weighted by atomic mass is 16.6. The lowest BCUT2D eigenvalue weighted by atomic mass is 9.71. The van der Waals surface area contributed by atoms with Gasteiger partial charge in [-0.15, -0.1) is 0 Å². The second kappa shape index (κ2) is 8.19. The number of carbonyl (C=O) groups excluding carboxylic acids is 5. The van der Waals surface area contributed by atoms with E-state index in [0.29, 0.717) is 0 Å². The Balaban J connectivity index is 2.41. The summed E-state index contributed by atoms with van der Waals surface area (Å²) in [6.07, 6.45) is 0.0359. The van der Waals surface area contributed by atoms with Crippen LogP contribution in [0.15, 0.2) is 47.1 Å². The molecule has 10 nitrogen and oxygen atoms in total. The molecule has 0 bridgehead atoms. The van der Waals surface area contributed by atoms with E-state index in [1.165, 1.54) is 12.1 Å². The molecule has 1 aliphatic carbocycles. The molecule has 0 saturated heterocycles. The summed E-state index contributed by atoms with van der Waals surface area (Å²) in [6, 6.07) is 6.07. The molecule has 0 saturated carbocycles. The predicted molar refractivity (Wildman–Crippen MR) is 113 cm³/mol. The fourth-order valence-corrected chi connectivity index (χ4v) is 3.99. The number of methoxy groups -OCH3 is 3. The maximum atomic E-state index is 14.0. The van der Waals surface area contributed by atoms with Crippen molar-refractivity contribution in [2.24, 2.45) is 0 Å². The van der Waals surface area contributed by atoms with Crippen LogP contribution in [0.5, 0.6) is 0 Å². The summed E-state index contributed by atoms with van der Waals surface area (Å²) in [5, 5.41) is 0. The molecular formula is C23H23NO9. The molecule has 0 unspecified atom stereocenters. The van der Waals surface area contributed by atoms with E-state index >= 15 is 0 Å². The summed E-state index contributed by atoms with van der Waals surface area (Å²) in [7, 11) is 3.23. The van der Waals surface area contributed by atoms with Gasteiger partial charge in [-0.05, 0) is 32.9 Å². The second-order valence-corrected chi connectivity index (χ2v) is 8.21. The van der Waals surface area contributed by atoms with Crippen LogP contribution in [0, 0.1) is 0 Å². The third-order valence-corrected chi connectivity index (χ3v) is 5.19. The van der Waals surface area contributed by atoms with Crippen molar-refractivity contribution in [2.75, 3.05) is 26.2 Å². The monoisotopic (exact) mass is 457 g/mol. The number of nitrogens with zero attached hydrogens (tertiary/aromatic N) is 1. The molecule has 1 aromatic rings. The highest BCUT2D eigenvalue weighted by Crippen LogP contribution is 2.55. The number of fused-ring (bicyclic) bond motifs is 2. The van der Waals surface area contributed by atoms with Crippen molar-refractivity contribution in [3.63, 3.8) is 0 Å². The lowest BCUT2D eigenvalue weighted by molar-refractivity contribution is -0.141. The normalized spacial score (nSPS) is 19.3. The SMILES string of the molecule is COC(=O)C1=CC(C(=O)OC)=C(C(=O)OC)[C@@]12C(=O)N(C(=O)OC(C)(C)C)c1ccccc12. The van der Waals surface area contributed by atoms with E-state index in [1.54, 1.807) is 32.9 Å². The lowest BCUT2D eigenvalue weighted by Crippen LogP contribution is -2.49. The minimum Gasteiger partial charge on any atom is -0.466 e. The van der Waals surface area contributed by atoms with Crippen LogP contribution in [0.2, 0.25) is 0 Å². The molecule has 3 rings (SSSR count). The number of esters is 3. The molecule has 33 heavy (non-hydrogen) atoms. The quantitative estimate of drug-likeness (QED) is 0.494. The first-order valence-corrected chi connectivity index (χ1v) is 9.84. The Kier molecular flexibility index (Phi) is 5.89. The maximum absolute atomic E-state index is 14.0. The summed E-state index contributed by atoms with van der Waals surface area (Å²) in [6.45, 7) is 4.87. The summed E-state index contributed by atoms with van der Waals surface area (Å²) in [4.78, 5) is 66.2. The van der Waals surface area contributed by atoms with E-state index in [-0.39, 0.29) is 22.4 Å². The van der Waals surface area contributed by atoms with Gasteiger partial charge in [-0.25, -0.2) is 24.1 Å². The van der Waals surface area contributed by atoms with Crippen LogP contribution in [-0.4, -0.2) is 56.8 Å². The molecular weight excluding hydrogens is 434 g/mol. The smallest absolute Gasteiger partial charge is 0.421 e. The Bertz CT molecular complexity index is 1140. The number of carbonyl (C=O) groups is 5. The molecule has 1 atom stereocenters. The van der Waals surface area contributed by atoms with Crippen LogP contribution < -0.4 is 4.90 Å². The topological polar surface area (TPSA) is 126 Å². The van der Waals surface area contributed by atoms with Gasteiger partial charge in [-0.2, -0.15) is 0 Å². The molecule has 174 valence electrons. The molecule has 1 aliphatic heterocycles. The van der Waals surface area contributed by atoms with Crippen molar-refractivity contribution in [3.05, 3.63) is 52.6 Å². The first kappa shape index (κ1) is 23.7. The van der Waals surface area contributed by atoms with Gasteiger partial charge in [0.15, 0.2) is 0 Å². The van der Waals surface area contributed by atoms with Crippen molar-refractivity contribution < 1.29 is 42.9 Å². The van der Waals surface area contributed by atoms with Crippen LogP contribution in [0.25, 0.3) is 0 Å². The number of hydrogen-bond acceptors (Lipinski definition) is 9. The van der Waals surface area contributed by atoms with Crippen LogP contribution in [0.4, 0.5) is 10.5 Å². The summed E-state index contributed by atoms with van der Waals surface area (Å²) in [5.41, 5.74) is -4.10. The Morgan fingerprint density at radius 1 is 0.879 bits per heavy atom. The largest absolute Gasteiger partial charge is 0.466 e.